The molecule has 10 heteroatoms. The summed E-state index contributed by atoms with van der Waals surface area (Å²) in [7, 11) is -1.78. The summed E-state index contributed by atoms with van der Waals surface area (Å²) in [4.78, 5) is 46.6. The van der Waals surface area contributed by atoms with Crippen molar-refractivity contribution in [2.75, 3.05) is 19.7 Å². The number of rotatable bonds is 9. The van der Waals surface area contributed by atoms with Gasteiger partial charge in [0.05, 0.1) is 16.7 Å². The summed E-state index contributed by atoms with van der Waals surface area (Å²) in [6.45, 7) is 16.5. The van der Waals surface area contributed by atoms with E-state index < -0.39 is 20.3 Å². The number of carbonyl (C=O) groups excluding carboxylic acids is 3. The van der Waals surface area contributed by atoms with Crippen molar-refractivity contribution in [2.45, 2.75) is 96.7 Å². The van der Waals surface area contributed by atoms with Crippen LogP contribution in [0.15, 0.2) is 36.5 Å². The fraction of sp³-hybridized carbons (Fsp3) is 0.529. The molecular formula is C34H45N5O4Si. The van der Waals surface area contributed by atoms with Crippen molar-refractivity contribution in [3.63, 3.8) is 0 Å². The standard InChI is InChI=1S/C34H45N5O4Si/c1-34(2,3)44(4,5)43-18-8-16-38-17-13-27-31(38)25(21-37-14-6-7-15-37)20-28(35-27)23-9-10-26-24(19-23)22-39(33(26)42)29-11-12-30(40)36-32(29)41/h9-10,13,17,19-20,29H,6-8,11-12,14-16,18,21-22H2,1-5H3,(H,36,40,41). The number of aromatic nitrogens is 2. The molecule has 2 aromatic heterocycles. The van der Waals surface area contributed by atoms with Crippen molar-refractivity contribution in [1.29, 1.82) is 0 Å². The third-order valence-corrected chi connectivity index (χ3v) is 14.6. The maximum absolute atomic E-state index is 13.2. The smallest absolute Gasteiger partial charge is 0.255 e. The second-order valence-corrected chi connectivity index (χ2v) is 18.9. The van der Waals surface area contributed by atoms with Crippen molar-refractivity contribution in [3.05, 3.63) is 53.2 Å². The van der Waals surface area contributed by atoms with E-state index in [-0.39, 0.29) is 23.3 Å². The minimum atomic E-state index is -1.78. The van der Waals surface area contributed by atoms with E-state index >= 15 is 0 Å². The number of imide groups is 1. The third-order valence-electron chi connectivity index (χ3n) is 10.0. The topological polar surface area (TPSA) is 96.8 Å². The number of fused-ring (bicyclic) bond motifs is 2. The van der Waals surface area contributed by atoms with Crippen LogP contribution in [0.4, 0.5) is 0 Å². The number of pyridine rings is 1. The van der Waals surface area contributed by atoms with Crippen LogP contribution in [0.2, 0.25) is 18.1 Å². The van der Waals surface area contributed by atoms with E-state index in [0.717, 1.165) is 61.5 Å². The molecule has 2 saturated heterocycles. The molecule has 1 N–H and O–H groups in total. The maximum Gasteiger partial charge on any atom is 0.255 e. The molecule has 1 aromatic carbocycles. The number of piperidine rings is 1. The zero-order chi connectivity index (χ0) is 31.2. The Labute approximate surface area is 261 Å². The summed E-state index contributed by atoms with van der Waals surface area (Å²) < 4.78 is 8.80. The highest BCUT2D eigenvalue weighted by Gasteiger charge is 2.39. The molecule has 3 aliphatic heterocycles. The maximum atomic E-state index is 13.2. The van der Waals surface area contributed by atoms with Gasteiger partial charge in [0.1, 0.15) is 6.04 Å². The van der Waals surface area contributed by atoms with Gasteiger partial charge in [-0.3, -0.25) is 24.6 Å². The van der Waals surface area contributed by atoms with Gasteiger partial charge in [0, 0.05) is 50.0 Å². The highest BCUT2D eigenvalue weighted by molar-refractivity contribution is 6.74. The first-order valence-corrected chi connectivity index (χ1v) is 19.0. The third kappa shape index (κ3) is 5.99. The number of hydrogen-bond donors (Lipinski definition) is 1. The second-order valence-electron chi connectivity index (χ2n) is 14.1. The van der Waals surface area contributed by atoms with Crippen molar-refractivity contribution in [2.24, 2.45) is 0 Å². The summed E-state index contributed by atoms with van der Waals surface area (Å²) in [5.74, 6) is -0.830. The first-order chi connectivity index (χ1) is 20.9. The van der Waals surface area contributed by atoms with Crippen LogP contribution < -0.4 is 5.32 Å². The molecule has 3 aliphatic rings. The van der Waals surface area contributed by atoms with Crippen LogP contribution in [0.25, 0.3) is 22.3 Å². The molecule has 3 aromatic rings. The lowest BCUT2D eigenvalue weighted by atomic mass is 10.0. The van der Waals surface area contributed by atoms with E-state index in [0.29, 0.717) is 18.5 Å². The van der Waals surface area contributed by atoms with Crippen LogP contribution in [-0.2, 0) is 33.6 Å². The summed E-state index contributed by atoms with van der Waals surface area (Å²) in [6, 6.07) is 9.58. The first kappa shape index (κ1) is 30.7. The van der Waals surface area contributed by atoms with E-state index in [9.17, 15) is 14.4 Å². The first-order valence-electron chi connectivity index (χ1n) is 16.0. The lowest BCUT2D eigenvalue weighted by Gasteiger charge is -2.36. The number of nitrogens with one attached hydrogen (secondary N) is 1. The molecule has 44 heavy (non-hydrogen) atoms. The zero-order valence-corrected chi connectivity index (χ0v) is 27.7. The van der Waals surface area contributed by atoms with E-state index in [1.54, 1.807) is 4.90 Å². The Bertz CT molecular complexity index is 1600. The fourth-order valence-electron chi connectivity index (χ4n) is 6.44. The van der Waals surface area contributed by atoms with Gasteiger partial charge in [-0.1, -0.05) is 26.8 Å². The molecule has 234 valence electrons. The van der Waals surface area contributed by atoms with Crippen LogP contribution in [0.3, 0.4) is 0 Å². The van der Waals surface area contributed by atoms with Crippen molar-refractivity contribution in [1.82, 2.24) is 24.7 Å². The number of amides is 3. The van der Waals surface area contributed by atoms with Gasteiger partial charge in [-0.15, -0.1) is 0 Å². The Morgan fingerprint density at radius 3 is 2.57 bits per heavy atom. The minimum absolute atomic E-state index is 0.159. The van der Waals surface area contributed by atoms with E-state index in [4.69, 9.17) is 9.41 Å². The van der Waals surface area contributed by atoms with Gasteiger partial charge >= 0.3 is 0 Å². The Morgan fingerprint density at radius 2 is 1.84 bits per heavy atom. The number of hydrogen-bond acceptors (Lipinski definition) is 6. The Kier molecular flexibility index (Phi) is 8.28. The second kappa shape index (κ2) is 11.9. The molecule has 0 radical (unpaired) electrons. The van der Waals surface area contributed by atoms with Gasteiger partial charge < -0.3 is 13.9 Å². The van der Waals surface area contributed by atoms with E-state index in [1.807, 2.05) is 18.2 Å². The fourth-order valence-corrected chi connectivity index (χ4v) is 7.53. The van der Waals surface area contributed by atoms with E-state index in [2.05, 4.69) is 67.0 Å². The minimum Gasteiger partial charge on any atom is -0.417 e. The summed E-state index contributed by atoms with van der Waals surface area (Å²) in [5, 5.41) is 2.58. The molecule has 1 unspecified atom stereocenters. The van der Waals surface area contributed by atoms with Gasteiger partial charge in [-0.05, 0) is 92.3 Å². The Morgan fingerprint density at radius 1 is 1.07 bits per heavy atom. The van der Waals surface area contributed by atoms with Crippen molar-refractivity contribution in [3.8, 4) is 11.3 Å². The Balaban J connectivity index is 1.25. The molecule has 0 bridgehead atoms. The van der Waals surface area contributed by atoms with E-state index in [1.165, 1.54) is 23.9 Å². The molecular weight excluding hydrogens is 570 g/mol. The van der Waals surface area contributed by atoms with Gasteiger partial charge in [0.25, 0.3) is 5.91 Å². The molecule has 3 amide bonds. The van der Waals surface area contributed by atoms with Gasteiger partial charge in [0.15, 0.2) is 8.32 Å². The average molecular weight is 616 g/mol. The SMILES string of the molecule is CC(C)(C)[Si](C)(C)OCCCn1ccc2nc(-c3ccc4c(c3)CN(C3CCC(=O)NC3=O)C4=O)cc(CN3CCCC3)c21. The quantitative estimate of drug-likeness (QED) is 0.195. The number of nitrogens with zero attached hydrogens (tertiary/aromatic N) is 4. The molecule has 1 atom stereocenters. The molecule has 6 rings (SSSR count). The molecule has 0 aliphatic carbocycles. The van der Waals surface area contributed by atoms with Crippen LogP contribution in [0, 0.1) is 0 Å². The predicted octanol–water partition coefficient (Wildman–Crippen LogP) is 5.47. The normalized spacial score (nSPS) is 19.7. The number of carbonyl (C=O) groups is 3. The summed E-state index contributed by atoms with van der Waals surface area (Å²) >= 11 is 0. The van der Waals surface area contributed by atoms with Crippen molar-refractivity contribution < 1.29 is 18.8 Å². The number of aryl methyl sites for hydroxylation is 1. The summed E-state index contributed by atoms with van der Waals surface area (Å²) in [5.41, 5.74) is 6.78. The van der Waals surface area contributed by atoms with Gasteiger partial charge in [0.2, 0.25) is 11.8 Å². The van der Waals surface area contributed by atoms with Crippen LogP contribution >= 0.6 is 0 Å². The molecule has 0 spiro atoms. The lowest BCUT2D eigenvalue weighted by molar-refractivity contribution is -0.136. The monoisotopic (exact) mass is 615 g/mol. The van der Waals surface area contributed by atoms with Crippen molar-refractivity contribution >= 4 is 37.1 Å². The highest BCUT2D eigenvalue weighted by atomic mass is 28.4. The largest absolute Gasteiger partial charge is 0.417 e. The number of benzene rings is 1. The summed E-state index contributed by atoms with van der Waals surface area (Å²) in [6.07, 6.45) is 6.17. The molecule has 0 saturated carbocycles. The van der Waals surface area contributed by atoms with Crippen LogP contribution in [0.1, 0.15) is 74.4 Å². The molecule has 9 nitrogen and oxygen atoms in total. The zero-order valence-electron chi connectivity index (χ0n) is 26.7. The Hall–Kier alpha value is -3.34. The lowest BCUT2D eigenvalue weighted by Crippen LogP contribution is -2.52. The van der Waals surface area contributed by atoms with Gasteiger partial charge in [-0.25, -0.2) is 4.98 Å². The highest BCUT2D eigenvalue weighted by Crippen LogP contribution is 2.37. The van der Waals surface area contributed by atoms with Crippen LogP contribution in [-0.4, -0.2) is 71.1 Å². The number of likely N-dealkylation sites (tertiary alicyclic amines) is 1. The molecule has 2 fully saturated rings. The van der Waals surface area contributed by atoms with Crippen LogP contribution in [0.5, 0.6) is 0 Å². The molecule has 5 heterocycles. The van der Waals surface area contributed by atoms with Gasteiger partial charge in [-0.2, -0.15) is 0 Å². The predicted molar refractivity (Wildman–Crippen MR) is 173 cm³/mol. The average Bonchev–Trinajstić information content (AvgIpc) is 3.70.